The maximum Gasteiger partial charge on any atom is 0.271 e. The van der Waals surface area contributed by atoms with E-state index in [1.165, 1.54) is 36.1 Å². The molecule has 1 unspecified atom stereocenters. The Bertz CT molecular complexity index is 700. The smallest absolute Gasteiger partial charge is 0.271 e. The van der Waals surface area contributed by atoms with Gasteiger partial charge in [0.25, 0.3) is 5.91 Å². The van der Waals surface area contributed by atoms with Crippen LogP contribution in [0.3, 0.4) is 0 Å². The summed E-state index contributed by atoms with van der Waals surface area (Å²) >= 11 is 0. The van der Waals surface area contributed by atoms with Gasteiger partial charge in [0.1, 0.15) is 5.82 Å². The summed E-state index contributed by atoms with van der Waals surface area (Å²) in [5.41, 5.74) is 0.933. The van der Waals surface area contributed by atoms with Crippen LogP contribution in [0.25, 0.3) is 5.69 Å². The van der Waals surface area contributed by atoms with Gasteiger partial charge in [-0.1, -0.05) is 12.5 Å². The largest absolute Gasteiger partial charge is 0.349 e. The molecule has 1 N–H and O–H groups in total. The molecular weight excluding hydrogens is 307 g/mol. The standard InChI is InChI=1S/C18H23FN4O/c1-14-5-2-3-10-22(14)12-9-20-18(24)17-8-11-23(21-17)16-7-4-6-15(19)13-16/h4,6-8,11,13-14H,2-3,5,9-10,12H2,1H3,(H,20,24). The van der Waals surface area contributed by atoms with Gasteiger partial charge in [-0.25, -0.2) is 9.07 Å². The molecule has 0 bridgehead atoms. The van der Waals surface area contributed by atoms with Crippen LogP contribution in [0, 0.1) is 5.82 Å². The Hall–Kier alpha value is -2.21. The number of carbonyl (C=O) groups excluding carboxylic acids is 1. The Morgan fingerprint density at radius 3 is 3.04 bits per heavy atom. The van der Waals surface area contributed by atoms with Gasteiger partial charge in [-0.15, -0.1) is 0 Å². The van der Waals surface area contributed by atoms with Crippen molar-refractivity contribution < 1.29 is 9.18 Å². The molecule has 0 radical (unpaired) electrons. The molecule has 1 aromatic carbocycles. The number of piperidine rings is 1. The fraction of sp³-hybridized carbons (Fsp3) is 0.444. The highest BCUT2D eigenvalue weighted by molar-refractivity contribution is 5.92. The molecule has 24 heavy (non-hydrogen) atoms. The van der Waals surface area contributed by atoms with E-state index in [9.17, 15) is 9.18 Å². The summed E-state index contributed by atoms with van der Waals surface area (Å²) in [5.74, 6) is -0.528. The van der Waals surface area contributed by atoms with E-state index in [4.69, 9.17) is 0 Å². The van der Waals surface area contributed by atoms with Crippen LogP contribution in [0.2, 0.25) is 0 Å². The van der Waals surface area contributed by atoms with Gasteiger partial charge in [0, 0.05) is 25.3 Å². The number of carbonyl (C=O) groups is 1. The third-order valence-corrected chi connectivity index (χ3v) is 4.52. The molecule has 0 saturated carbocycles. The van der Waals surface area contributed by atoms with Crippen LogP contribution in [-0.4, -0.2) is 46.3 Å². The van der Waals surface area contributed by atoms with Crippen LogP contribution >= 0.6 is 0 Å². The number of likely N-dealkylation sites (tertiary alicyclic amines) is 1. The minimum atomic E-state index is -0.329. The van der Waals surface area contributed by atoms with Gasteiger partial charge in [-0.2, -0.15) is 5.10 Å². The highest BCUT2D eigenvalue weighted by Crippen LogP contribution is 2.15. The zero-order chi connectivity index (χ0) is 16.9. The predicted octanol–water partition coefficient (Wildman–Crippen LogP) is 2.62. The number of hydrogen-bond acceptors (Lipinski definition) is 3. The Morgan fingerprint density at radius 2 is 2.25 bits per heavy atom. The van der Waals surface area contributed by atoms with Crippen LogP contribution in [0.15, 0.2) is 36.5 Å². The second kappa shape index (κ2) is 7.57. The minimum absolute atomic E-state index is 0.199. The predicted molar refractivity (Wildman–Crippen MR) is 90.7 cm³/mol. The van der Waals surface area contributed by atoms with Crippen molar-refractivity contribution in [3.05, 3.63) is 48.0 Å². The normalized spacial score (nSPS) is 18.5. The average Bonchev–Trinajstić information content (AvgIpc) is 3.07. The zero-order valence-corrected chi connectivity index (χ0v) is 13.9. The summed E-state index contributed by atoms with van der Waals surface area (Å²) < 4.78 is 14.8. The van der Waals surface area contributed by atoms with Crippen LogP contribution < -0.4 is 5.32 Å². The van der Waals surface area contributed by atoms with E-state index in [2.05, 4.69) is 22.2 Å². The highest BCUT2D eigenvalue weighted by atomic mass is 19.1. The third kappa shape index (κ3) is 4.00. The molecule has 0 aliphatic carbocycles. The summed E-state index contributed by atoms with van der Waals surface area (Å²) in [7, 11) is 0. The van der Waals surface area contributed by atoms with Gasteiger partial charge in [0.05, 0.1) is 5.69 Å². The van der Waals surface area contributed by atoms with Gasteiger partial charge < -0.3 is 5.32 Å². The summed E-state index contributed by atoms with van der Waals surface area (Å²) in [4.78, 5) is 14.6. The van der Waals surface area contributed by atoms with E-state index in [0.717, 1.165) is 13.1 Å². The van der Waals surface area contributed by atoms with Gasteiger partial charge in [-0.3, -0.25) is 9.69 Å². The van der Waals surface area contributed by atoms with E-state index in [-0.39, 0.29) is 11.7 Å². The zero-order valence-electron chi connectivity index (χ0n) is 13.9. The molecular formula is C18H23FN4O. The van der Waals surface area contributed by atoms with E-state index in [1.54, 1.807) is 24.4 Å². The molecule has 2 heterocycles. The summed E-state index contributed by atoms with van der Waals surface area (Å²) in [6.07, 6.45) is 5.42. The van der Waals surface area contributed by atoms with E-state index in [0.29, 0.717) is 24.0 Å². The van der Waals surface area contributed by atoms with Crippen molar-refractivity contribution in [2.24, 2.45) is 0 Å². The molecule has 1 saturated heterocycles. The highest BCUT2D eigenvalue weighted by Gasteiger charge is 2.18. The molecule has 2 aromatic rings. The van der Waals surface area contributed by atoms with Gasteiger partial charge in [0.15, 0.2) is 5.69 Å². The van der Waals surface area contributed by atoms with Crippen LogP contribution in [-0.2, 0) is 0 Å². The number of hydrogen-bond donors (Lipinski definition) is 1. The van der Waals surface area contributed by atoms with E-state index in [1.807, 2.05) is 0 Å². The van der Waals surface area contributed by atoms with Gasteiger partial charge in [-0.05, 0) is 50.6 Å². The molecule has 1 aliphatic rings. The number of amides is 1. The summed E-state index contributed by atoms with van der Waals surface area (Å²) in [6, 6.07) is 8.35. The fourth-order valence-corrected chi connectivity index (χ4v) is 3.10. The minimum Gasteiger partial charge on any atom is -0.349 e. The lowest BCUT2D eigenvalue weighted by Crippen LogP contribution is -2.42. The monoisotopic (exact) mass is 330 g/mol. The number of halogens is 1. The van der Waals surface area contributed by atoms with E-state index >= 15 is 0 Å². The third-order valence-electron chi connectivity index (χ3n) is 4.52. The van der Waals surface area contributed by atoms with Crippen molar-refractivity contribution >= 4 is 5.91 Å². The first-order valence-corrected chi connectivity index (χ1v) is 8.47. The lowest BCUT2D eigenvalue weighted by molar-refractivity contribution is 0.0933. The van der Waals surface area contributed by atoms with Crippen molar-refractivity contribution in [2.45, 2.75) is 32.2 Å². The van der Waals surface area contributed by atoms with Crippen LogP contribution in [0.4, 0.5) is 4.39 Å². The maximum atomic E-state index is 13.3. The molecule has 3 rings (SSSR count). The summed E-state index contributed by atoms with van der Waals surface area (Å²) in [5, 5.41) is 7.14. The second-order valence-corrected chi connectivity index (χ2v) is 6.26. The number of nitrogens with zero attached hydrogens (tertiary/aromatic N) is 3. The molecule has 6 heteroatoms. The SMILES string of the molecule is CC1CCCCN1CCNC(=O)c1ccn(-c2cccc(F)c2)n1. The van der Waals surface area contributed by atoms with Gasteiger partial charge in [0.2, 0.25) is 0 Å². The van der Waals surface area contributed by atoms with E-state index < -0.39 is 0 Å². The quantitative estimate of drug-likeness (QED) is 0.917. The van der Waals surface area contributed by atoms with Crippen molar-refractivity contribution in [1.82, 2.24) is 20.0 Å². The molecule has 128 valence electrons. The lowest BCUT2D eigenvalue weighted by Gasteiger charge is -2.33. The molecule has 1 aromatic heterocycles. The number of rotatable bonds is 5. The van der Waals surface area contributed by atoms with Crippen LogP contribution in [0.5, 0.6) is 0 Å². The topological polar surface area (TPSA) is 50.2 Å². The first-order valence-electron chi connectivity index (χ1n) is 8.47. The van der Waals surface area contributed by atoms with Crippen molar-refractivity contribution in [2.75, 3.05) is 19.6 Å². The van der Waals surface area contributed by atoms with Crippen molar-refractivity contribution in [1.29, 1.82) is 0 Å². The fourth-order valence-electron chi connectivity index (χ4n) is 3.10. The Balaban J connectivity index is 1.54. The van der Waals surface area contributed by atoms with Crippen molar-refractivity contribution in [3.63, 3.8) is 0 Å². The average molecular weight is 330 g/mol. The second-order valence-electron chi connectivity index (χ2n) is 6.26. The maximum absolute atomic E-state index is 13.3. The number of benzene rings is 1. The Kier molecular flexibility index (Phi) is 5.25. The molecule has 1 atom stereocenters. The first-order chi connectivity index (χ1) is 11.6. The molecule has 1 aliphatic heterocycles. The molecule has 5 nitrogen and oxygen atoms in total. The number of aromatic nitrogens is 2. The molecule has 0 spiro atoms. The molecule has 1 fully saturated rings. The first kappa shape index (κ1) is 16.6. The Morgan fingerprint density at radius 1 is 1.38 bits per heavy atom. The van der Waals surface area contributed by atoms with Gasteiger partial charge >= 0.3 is 0 Å². The molecule has 1 amide bonds. The van der Waals surface area contributed by atoms with Crippen molar-refractivity contribution in [3.8, 4) is 5.69 Å². The van der Waals surface area contributed by atoms with Crippen LogP contribution in [0.1, 0.15) is 36.7 Å². The lowest BCUT2D eigenvalue weighted by atomic mass is 10.0. The Labute approximate surface area is 141 Å². The number of nitrogens with one attached hydrogen (secondary N) is 1. The summed E-state index contributed by atoms with van der Waals surface area (Å²) in [6.45, 7) is 4.81.